The first-order valence-corrected chi connectivity index (χ1v) is 9.65. The van der Waals surface area contributed by atoms with Gasteiger partial charge < -0.3 is 4.74 Å². The third-order valence-electron chi connectivity index (χ3n) is 3.24. The first-order chi connectivity index (χ1) is 11.9. The number of carbonyl (C=O) groups excluding carboxylic acids is 2. The van der Waals surface area contributed by atoms with Crippen LogP contribution in [0.3, 0.4) is 0 Å². The van der Waals surface area contributed by atoms with Gasteiger partial charge in [-0.3, -0.25) is 19.3 Å². The van der Waals surface area contributed by atoms with Crippen LogP contribution in [-0.4, -0.2) is 39.2 Å². The fraction of sp³-hybridized carbons (Fsp3) is 0.133. The van der Waals surface area contributed by atoms with Gasteiger partial charge in [-0.15, -0.1) is 11.3 Å². The minimum absolute atomic E-state index is 0.0731. The summed E-state index contributed by atoms with van der Waals surface area (Å²) in [5, 5.41) is 0. The number of fused-ring (bicyclic) bond motifs is 1. The fourth-order valence-corrected chi connectivity index (χ4v) is 4.34. The summed E-state index contributed by atoms with van der Waals surface area (Å²) in [5.74, 6) is -1.04. The van der Waals surface area contributed by atoms with Crippen molar-refractivity contribution in [3.8, 4) is 0 Å². The molecule has 0 saturated carbocycles. The minimum Gasteiger partial charge on any atom is -0.456 e. The van der Waals surface area contributed by atoms with Gasteiger partial charge in [-0.1, -0.05) is 23.7 Å². The molecule has 2 heterocycles. The van der Waals surface area contributed by atoms with Gasteiger partial charge in [0, 0.05) is 5.56 Å². The molecule has 1 aliphatic rings. The second-order valence-corrected chi connectivity index (χ2v) is 8.32. The zero-order valence-corrected chi connectivity index (χ0v) is 15.0. The second kappa shape index (κ2) is 6.95. The quantitative estimate of drug-likeness (QED) is 0.611. The number of carbonyl (C=O) groups is 2. The number of nitrogens with one attached hydrogen (secondary N) is 1. The number of sulfonamides is 1. The summed E-state index contributed by atoms with van der Waals surface area (Å²) in [6, 6.07) is 9.42. The maximum atomic E-state index is 11.9. The lowest BCUT2D eigenvalue weighted by molar-refractivity contribution is -0.140. The van der Waals surface area contributed by atoms with Crippen molar-refractivity contribution in [2.24, 2.45) is 4.99 Å². The predicted octanol–water partition coefficient (Wildman–Crippen LogP) is 1.87. The molecule has 0 amide bonds. The molecule has 1 aromatic carbocycles. The summed E-state index contributed by atoms with van der Waals surface area (Å²) >= 11 is 6.83. The van der Waals surface area contributed by atoms with E-state index in [1.165, 1.54) is 6.07 Å². The van der Waals surface area contributed by atoms with Crippen molar-refractivity contribution in [2.45, 2.75) is 4.90 Å². The molecule has 0 fully saturated rings. The Morgan fingerprint density at radius 2 is 1.96 bits per heavy atom. The van der Waals surface area contributed by atoms with Gasteiger partial charge >= 0.3 is 5.97 Å². The number of thiophene rings is 1. The van der Waals surface area contributed by atoms with Crippen LogP contribution in [0, 0.1) is 0 Å². The van der Waals surface area contributed by atoms with Gasteiger partial charge in [0.05, 0.1) is 14.1 Å². The summed E-state index contributed by atoms with van der Waals surface area (Å²) in [5.41, 5.74) is 0.389. The first-order valence-electron chi connectivity index (χ1n) is 6.97. The van der Waals surface area contributed by atoms with Crippen molar-refractivity contribution in [2.75, 3.05) is 13.2 Å². The Morgan fingerprint density at radius 3 is 2.68 bits per heavy atom. The maximum absolute atomic E-state index is 11.9. The van der Waals surface area contributed by atoms with Crippen LogP contribution in [0.4, 0.5) is 0 Å². The molecule has 0 bridgehead atoms. The number of ketones is 1. The zero-order chi connectivity index (χ0) is 18.0. The molecule has 2 aromatic rings. The molecule has 3 rings (SSSR count). The SMILES string of the molecule is O=C(CN=C1NS(=O)(=O)c2ccccc21)OCC(=O)c1ccc(Cl)s1. The number of aliphatic imine (C=N–C) groups is 1. The number of hydrogen-bond acceptors (Lipinski definition) is 7. The highest BCUT2D eigenvalue weighted by Gasteiger charge is 2.30. The van der Waals surface area contributed by atoms with Crippen molar-refractivity contribution in [1.29, 1.82) is 0 Å². The van der Waals surface area contributed by atoms with E-state index in [1.807, 2.05) is 0 Å². The van der Waals surface area contributed by atoms with Gasteiger partial charge in [0.2, 0.25) is 5.78 Å². The Bertz CT molecular complexity index is 981. The highest BCUT2D eigenvalue weighted by Crippen LogP contribution is 2.22. The van der Waals surface area contributed by atoms with E-state index in [0.29, 0.717) is 14.8 Å². The van der Waals surface area contributed by atoms with E-state index in [0.717, 1.165) is 11.3 Å². The van der Waals surface area contributed by atoms with E-state index in [-0.39, 0.29) is 16.5 Å². The summed E-state index contributed by atoms with van der Waals surface area (Å²) in [6.45, 7) is -0.840. The lowest BCUT2D eigenvalue weighted by Gasteiger charge is -2.02. The first kappa shape index (κ1) is 17.6. The van der Waals surface area contributed by atoms with E-state index in [1.54, 1.807) is 30.3 Å². The molecular formula is C15H11ClN2O5S2. The van der Waals surface area contributed by atoms with Gasteiger partial charge in [0.1, 0.15) is 12.4 Å². The molecule has 7 nitrogen and oxygen atoms in total. The van der Waals surface area contributed by atoms with Crippen molar-refractivity contribution >= 4 is 50.5 Å². The van der Waals surface area contributed by atoms with Crippen LogP contribution in [0.2, 0.25) is 4.34 Å². The fourth-order valence-electron chi connectivity index (χ4n) is 2.12. The smallest absolute Gasteiger partial charge is 0.328 e. The minimum atomic E-state index is -3.66. The van der Waals surface area contributed by atoms with Crippen LogP contribution in [0.1, 0.15) is 15.2 Å². The van der Waals surface area contributed by atoms with Crippen LogP contribution < -0.4 is 4.72 Å². The average molecular weight is 399 g/mol. The Hall–Kier alpha value is -2.23. The molecule has 0 radical (unpaired) electrons. The Morgan fingerprint density at radius 1 is 1.20 bits per heavy atom. The van der Waals surface area contributed by atoms with Crippen LogP contribution in [-0.2, 0) is 19.6 Å². The second-order valence-electron chi connectivity index (χ2n) is 4.95. The summed E-state index contributed by atoms with van der Waals surface area (Å²) in [7, 11) is -3.66. The van der Waals surface area contributed by atoms with Crippen molar-refractivity contribution in [3.05, 3.63) is 51.2 Å². The monoisotopic (exact) mass is 398 g/mol. The average Bonchev–Trinajstić information content (AvgIpc) is 3.13. The molecular weight excluding hydrogens is 388 g/mol. The van der Waals surface area contributed by atoms with E-state index in [9.17, 15) is 18.0 Å². The van der Waals surface area contributed by atoms with Gasteiger partial charge in [-0.2, -0.15) is 0 Å². The number of rotatable bonds is 5. The summed E-state index contributed by atoms with van der Waals surface area (Å²) < 4.78 is 31.4. The standard InChI is InChI=1S/C15H11ClN2O5S2/c16-13-6-5-11(24-13)10(19)8-23-14(20)7-17-15-9-3-1-2-4-12(9)25(21,22)18-15/h1-6H,7-8H2,(H,17,18). The number of esters is 1. The topological polar surface area (TPSA) is 102 Å². The van der Waals surface area contributed by atoms with Crippen molar-refractivity contribution in [1.82, 2.24) is 4.72 Å². The number of halogens is 1. The van der Waals surface area contributed by atoms with Gasteiger partial charge in [-0.05, 0) is 24.3 Å². The van der Waals surface area contributed by atoms with Crippen LogP contribution in [0.15, 0.2) is 46.3 Å². The number of Topliss-reactive ketones (excluding diaryl/α,β-unsaturated/α-hetero) is 1. The highest BCUT2D eigenvalue weighted by atomic mass is 35.5. The lowest BCUT2D eigenvalue weighted by Crippen LogP contribution is -2.24. The molecule has 0 spiro atoms. The van der Waals surface area contributed by atoms with Gasteiger partial charge in [0.25, 0.3) is 10.0 Å². The molecule has 0 atom stereocenters. The Balaban J connectivity index is 1.61. The molecule has 0 unspecified atom stereocenters. The van der Waals surface area contributed by atoms with Crippen molar-refractivity contribution < 1.29 is 22.7 Å². The molecule has 0 aliphatic carbocycles. The third kappa shape index (κ3) is 3.89. The van der Waals surface area contributed by atoms with Crippen molar-refractivity contribution in [3.63, 3.8) is 0 Å². The number of nitrogens with zero attached hydrogens (tertiary/aromatic N) is 1. The predicted molar refractivity (Wildman–Crippen MR) is 92.8 cm³/mol. The molecule has 130 valence electrons. The van der Waals surface area contributed by atoms with E-state index >= 15 is 0 Å². The van der Waals surface area contributed by atoms with E-state index in [2.05, 4.69) is 9.71 Å². The number of ether oxygens (including phenoxy) is 1. The van der Waals surface area contributed by atoms with Crippen LogP contribution in [0.5, 0.6) is 0 Å². The molecule has 25 heavy (non-hydrogen) atoms. The number of benzene rings is 1. The molecule has 10 heteroatoms. The lowest BCUT2D eigenvalue weighted by atomic mass is 10.2. The third-order valence-corrected chi connectivity index (χ3v) is 5.91. The summed E-state index contributed by atoms with van der Waals surface area (Å²) in [6.07, 6.45) is 0. The summed E-state index contributed by atoms with van der Waals surface area (Å²) in [4.78, 5) is 28.0. The van der Waals surface area contributed by atoms with E-state index in [4.69, 9.17) is 16.3 Å². The Labute approximate surface area is 152 Å². The maximum Gasteiger partial charge on any atom is 0.328 e. The molecule has 1 aliphatic heterocycles. The molecule has 1 N–H and O–H groups in total. The molecule has 1 aromatic heterocycles. The Kier molecular flexibility index (Phi) is 4.89. The van der Waals surface area contributed by atoms with E-state index < -0.39 is 29.1 Å². The van der Waals surface area contributed by atoms with Crippen LogP contribution in [0.25, 0.3) is 0 Å². The van der Waals surface area contributed by atoms with Gasteiger partial charge in [-0.25, -0.2) is 8.42 Å². The normalized spacial score (nSPS) is 16.3. The highest BCUT2D eigenvalue weighted by molar-refractivity contribution is 7.90. The molecule has 0 saturated heterocycles. The largest absolute Gasteiger partial charge is 0.456 e. The zero-order valence-electron chi connectivity index (χ0n) is 12.6. The van der Waals surface area contributed by atoms with Gasteiger partial charge in [0.15, 0.2) is 6.61 Å². The number of amidine groups is 1. The number of hydrogen-bond donors (Lipinski definition) is 1. The van der Waals surface area contributed by atoms with Crippen LogP contribution >= 0.6 is 22.9 Å².